The van der Waals surface area contributed by atoms with Crippen LogP contribution in [-0.2, 0) is 20.8 Å². The minimum absolute atomic E-state index is 0.0125. The monoisotopic (exact) mass is 355 g/mol. The van der Waals surface area contributed by atoms with Crippen LogP contribution in [0.4, 0.5) is 0 Å². The summed E-state index contributed by atoms with van der Waals surface area (Å²) in [6, 6.07) is 9.69. The van der Waals surface area contributed by atoms with Crippen molar-refractivity contribution in [1.82, 2.24) is 5.32 Å². The molecule has 0 heterocycles. The van der Waals surface area contributed by atoms with E-state index in [1.807, 2.05) is 30.3 Å². The number of hydrogen-bond donors (Lipinski definition) is 1. The van der Waals surface area contributed by atoms with Gasteiger partial charge in [-0.3, -0.25) is 4.79 Å². The topological polar surface area (TPSA) is 47.6 Å². The Morgan fingerprint density at radius 1 is 1.26 bits per heavy atom. The standard InChI is InChI=1S/C17H19Cl2NO3/c1-4-10-16(19)15(21)13(18)14(17(16,22-2)23-3)20-11-12-8-6-5-7-9-12/h4-9,20H,1,10-11H2,2-3H3/t16-/m0/s1. The Morgan fingerprint density at radius 3 is 2.39 bits per heavy atom. The summed E-state index contributed by atoms with van der Waals surface area (Å²) in [5.74, 6) is -1.94. The Hall–Kier alpha value is -1.33. The average Bonchev–Trinajstić information content (AvgIpc) is 2.73. The Labute approximate surface area is 146 Å². The maximum absolute atomic E-state index is 12.6. The minimum atomic E-state index is -1.49. The van der Waals surface area contributed by atoms with Gasteiger partial charge in [-0.2, -0.15) is 0 Å². The van der Waals surface area contributed by atoms with Crippen LogP contribution in [0.3, 0.4) is 0 Å². The van der Waals surface area contributed by atoms with Crippen LogP contribution in [-0.4, -0.2) is 30.7 Å². The Kier molecular flexibility index (Phi) is 5.53. The van der Waals surface area contributed by atoms with E-state index in [1.165, 1.54) is 14.2 Å². The number of methoxy groups -OCH3 is 2. The molecule has 0 saturated heterocycles. The molecule has 4 nitrogen and oxygen atoms in total. The number of allylic oxidation sites excluding steroid dienone is 2. The minimum Gasteiger partial charge on any atom is -0.379 e. The molecule has 1 aliphatic rings. The maximum atomic E-state index is 12.6. The van der Waals surface area contributed by atoms with E-state index >= 15 is 0 Å². The molecule has 6 heteroatoms. The van der Waals surface area contributed by atoms with Gasteiger partial charge in [-0.25, -0.2) is 0 Å². The van der Waals surface area contributed by atoms with Gasteiger partial charge in [0.25, 0.3) is 0 Å². The number of ether oxygens (including phenoxy) is 2. The van der Waals surface area contributed by atoms with Crippen LogP contribution >= 0.6 is 23.2 Å². The van der Waals surface area contributed by atoms with Gasteiger partial charge >= 0.3 is 0 Å². The summed E-state index contributed by atoms with van der Waals surface area (Å²) < 4.78 is 11.1. The van der Waals surface area contributed by atoms with Gasteiger partial charge in [0, 0.05) is 20.8 Å². The number of carbonyl (C=O) groups is 1. The van der Waals surface area contributed by atoms with Crippen molar-refractivity contribution in [3.8, 4) is 0 Å². The molecule has 1 atom stereocenters. The molecule has 0 fully saturated rings. The third kappa shape index (κ3) is 2.81. The predicted octanol–water partition coefficient (Wildman–Crippen LogP) is 3.35. The van der Waals surface area contributed by atoms with Gasteiger partial charge < -0.3 is 14.8 Å². The summed E-state index contributed by atoms with van der Waals surface area (Å²) in [5.41, 5.74) is 1.35. The summed E-state index contributed by atoms with van der Waals surface area (Å²) in [6.07, 6.45) is 1.70. The van der Waals surface area contributed by atoms with Crippen molar-refractivity contribution in [1.29, 1.82) is 0 Å². The lowest BCUT2D eigenvalue weighted by Crippen LogP contribution is -2.56. The fraction of sp³-hybridized carbons (Fsp3) is 0.353. The number of nitrogens with one attached hydrogen (secondary N) is 1. The molecule has 2 rings (SSSR count). The molecule has 1 N–H and O–H groups in total. The molecule has 0 aliphatic heterocycles. The van der Waals surface area contributed by atoms with E-state index in [2.05, 4.69) is 11.9 Å². The first-order chi connectivity index (χ1) is 11.0. The zero-order valence-electron chi connectivity index (χ0n) is 13.1. The predicted molar refractivity (Wildman–Crippen MR) is 91.3 cm³/mol. The van der Waals surface area contributed by atoms with Crippen molar-refractivity contribution in [3.63, 3.8) is 0 Å². The van der Waals surface area contributed by atoms with Gasteiger partial charge in [0.2, 0.25) is 11.6 Å². The van der Waals surface area contributed by atoms with Crippen LogP contribution in [0, 0.1) is 0 Å². The molecule has 0 bridgehead atoms. The summed E-state index contributed by atoms with van der Waals surface area (Å²) in [5, 5.41) is 3.13. The zero-order chi connectivity index (χ0) is 17.1. The second-order valence-electron chi connectivity index (χ2n) is 5.18. The molecule has 1 aromatic carbocycles. The summed E-state index contributed by atoms with van der Waals surface area (Å²) in [4.78, 5) is 11.1. The Bertz CT molecular complexity index is 626. The highest BCUT2D eigenvalue weighted by Gasteiger charge is 2.65. The molecule has 0 spiro atoms. The van der Waals surface area contributed by atoms with Crippen molar-refractivity contribution >= 4 is 29.0 Å². The van der Waals surface area contributed by atoms with Gasteiger partial charge in [0.05, 0.1) is 5.70 Å². The largest absolute Gasteiger partial charge is 0.379 e. The number of carbonyl (C=O) groups excluding carboxylic acids is 1. The van der Waals surface area contributed by atoms with E-state index in [-0.39, 0.29) is 11.5 Å². The fourth-order valence-corrected chi connectivity index (χ4v) is 3.65. The van der Waals surface area contributed by atoms with Crippen LogP contribution in [0.15, 0.2) is 53.7 Å². The van der Waals surface area contributed by atoms with E-state index in [0.29, 0.717) is 12.2 Å². The van der Waals surface area contributed by atoms with E-state index in [1.54, 1.807) is 6.08 Å². The van der Waals surface area contributed by atoms with Gasteiger partial charge in [0.1, 0.15) is 5.03 Å². The van der Waals surface area contributed by atoms with Crippen LogP contribution in [0.2, 0.25) is 0 Å². The maximum Gasteiger partial charge on any atom is 0.238 e. The lowest BCUT2D eigenvalue weighted by Gasteiger charge is -2.39. The number of halogens is 2. The lowest BCUT2D eigenvalue weighted by molar-refractivity contribution is -0.199. The molecule has 1 aliphatic carbocycles. The Morgan fingerprint density at radius 2 is 1.87 bits per heavy atom. The van der Waals surface area contributed by atoms with E-state index in [0.717, 1.165) is 5.56 Å². The highest BCUT2D eigenvalue weighted by molar-refractivity contribution is 6.53. The van der Waals surface area contributed by atoms with Gasteiger partial charge in [-0.15, -0.1) is 18.2 Å². The summed E-state index contributed by atoms with van der Waals surface area (Å²) in [6.45, 7) is 4.11. The number of ketones is 1. The van der Waals surface area contributed by atoms with Gasteiger partial charge in [0.15, 0.2) is 4.87 Å². The number of Topliss-reactive ketones (excluding diaryl/α,β-unsaturated/α-hetero) is 1. The highest BCUT2D eigenvalue weighted by atomic mass is 35.5. The number of alkyl halides is 1. The molecule has 124 valence electrons. The zero-order valence-corrected chi connectivity index (χ0v) is 14.6. The highest BCUT2D eigenvalue weighted by Crippen LogP contribution is 2.50. The normalized spacial score (nSPS) is 23.2. The molecular formula is C17H19Cl2NO3. The van der Waals surface area contributed by atoms with Crippen LogP contribution in [0.1, 0.15) is 12.0 Å². The molecule has 0 aromatic heterocycles. The van der Waals surface area contributed by atoms with E-state index < -0.39 is 16.4 Å². The fourth-order valence-electron chi connectivity index (χ4n) is 2.80. The van der Waals surface area contributed by atoms with Crippen molar-refractivity contribution in [2.24, 2.45) is 0 Å². The quantitative estimate of drug-likeness (QED) is 0.462. The van der Waals surface area contributed by atoms with Crippen LogP contribution < -0.4 is 5.32 Å². The van der Waals surface area contributed by atoms with Gasteiger partial charge in [-0.1, -0.05) is 48.0 Å². The first-order valence-electron chi connectivity index (χ1n) is 7.09. The van der Waals surface area contributed by atoms with E-state index in [9.17, 15) is 4.79 Å². The van der Waals surface area contributed by atoms with Crippen molar-refractivity contribution in [2.45, 2.75) is 23.6 Å². The average molecular weight is 356 g/mol. The van der Waals surface area contributed by atoms with Crippen molar-refractivity contribution in [3.05, 3.63) is 59.3 Å². The third-order valence-corrected chi connectivity index (χ3v) is 4.88. The van der Waals surface area contributed by atoms with Crippen LogP contribution in [0.5, 0.6) is 0 Å². The van der Waals surface area contributed by atoms with E-state index in [4.69, 9.17) is 32.7 Å². The molecule has 0 unspecified atom stereocenters. The first-order valence-corrected chi connectivity index (χ1v) is 7.85. The van der Waals surface area contributed by atoms with Crippen LogP contribution in [0.25, 0.3) is 0 Å². The molecular weight excluding hydrogens is 337 g/mol. The summed E-state index contributed by atoms with van der Waals surface area (Å²) >= 11 is 12.8. The molecule has 0 saturated carbocycles. The number of benzene rings is 1. The smallest absolute Gasteiger partial charge is 0.238 e. The molecule has 1 aromatic rings. The first kappa shape index (κ1) is 18.0. The Balaban J connectivity index is 2.39. The molecule has 23 heavy (non-hydrogen) atoms. The van der Waals surface area contributed by atoms with Gasteiger partial charge in [-0.05, 0) is 12.0 Å². The van der Waals surface area contributed by atoms with Crippen molar-refractivity contribution in [2.75, 3.05) is 14.2 Å². The third-order valence-electron chi connectivity index (χ3n) is 3.94. The number of hydrogen-bond acceptors (Lipinski definition) is 4. The lowest BCUT2D eigenvalue weighted by atomic mass is 9.93. The second-order valence-corrected chi connectivity index (χ2v) is 6.20. The SMILES string of the molecule is C=CC[C@]1(Cl)C(=O)C(Cl)=C(NCc2ccccc2)C1(OC)OC. The molecule has 0 radical (unpaired) electrons. The molecule has 0 amide bonds. The van der Waals surface area contributed by atoms with Crippen molar-refractivity contribution < 1.29 is 14.3 Å². The summed E-state index contributed by atoms with van der Waals surface area (Å²) in [7, 11) is 2.85. The number of rotatable bonds is 7. The second kappa shape index (κ2) is 7.05.